The minimum absolute atomic E-state index is 0. The van der Waals surface area contributed by atoms with E-state index in [0.29, 0.717) is 18.7 Å². The predicted molar refractivity (Wildman–Crippen MR) is 115 cm³/mol. The molecule has 3 N–H and O–H groups in total. The van der Waals surface area contributed by atoms with Crippen molar-refractivity contribution in [1.29, 1.82) is 0 Å². The number of hydrogen-bond donors (Lipinski definition) is 3. The molecule has 1 heterocycles. The number of hydrogen-bond acceptors (Lipinski definition) is 3. The predicted octanol–water partition coefficient (Wildman–Crippen LogP) is 3.29. The van der Waals surface area contributed by atoms with Gasteiger partial charge in [0.05, 0.1) is 19.4 Å². The molecule has 0 aliphatic heterocycles. The van der Waals surface area contributed by atoms with Gasteiger partial charge in [-0.3, -0.25) is 4.79 Å². The SMILES string of the molecule is CCCNC(=NCc1cccc(C(=O)NCc2ccco2)c1)NCC.I. The summed E-state index contributed by atoms with van der Waals surface area (Å²) in [7, 11) is 0. The Hall–Kier alpha value is -2.03. The summed E-state index contributed by atoms with van der Waals surface area (Å²) in [6.07, 6.45) is 2.63. The average molecular weight is 470 g/mol. The van der Waals surface area contributed by atoms with Crippen LogP contribution in [0.3, 0.4) is 0 Å². The standard InChI is InChI=1S/C19H26N4O2.HI/c1-3-10-21-19(20-4-2)23-13-15-7-5-8-16(12-15)18(24)22-14-17-9-6-11-25-17;/h5-9,11-12H,3-4,10,13-14H2,1-2H3,(H,22,24)(H2,20,21,23);1H. The lowest BCUT2D eigenvalue weighted by atomic mass is 10.1. The number of carbonyl (C=O) groups is 1. The zero-order chi connectivity index (χ0) is 17.9. The fourth-order valence-electron chi connectivity index (χ4n) is 2.25. The van der Waals surface area contributed by atoms with Gasteiger partial charge in [-0.05, 0) is 43.2 Å². The van der Waals surface area contributed by atoms with E-state index in [9.17, 15) is 4.79 Å². The summed E-state index contributed by atoms with van der Waals surface area (Å²) in [5.41, 5.74) is 1.60. The number of nitrogens with one attached hydrogen (secondary N) is 3. The minimum Gasteiger partial charge on any atom is -0.467 e. The van der Waals surface area contributed by atoms with E-state index in [-0.39, 0.29) is 29.9 Å². The van der Waals surface area contributed by atoms with E-state index in [2.05, 4.69) is 27.9 Å². The molecule has 1 amide bonds. The first-order chi connectivity index (χ1) is 12.2. The summed E-state index contributed by atoms with van der Waals surface area (Å²) < 4.78 is 5.22. The number of guanidine groups is 1. The highest BCUT2D eigenvalue weighted by Crippen LogP contribution is 2.07. The second kappa shape index (κ2) is 12.3. The van der Waals surface area contributed by atoms with Gasteiger partial charge in [-0.15, -0.1) is 24.0 Å². The van der Waals surface area contributed by atoms with Crippen LogP contribution < -0.4 is 16.0 Å². The fourth-order valence-corrected chi connectivity index (χ4v) is 2.25. The van der Waals surface area contributed by atoms with Crippen molar-refractivity contribution in [3.05, 3.63) is 59.5 Å². The van der Waals surface area contributed by atoms with E-state index in [4.69, 9.17) is 4.42 Å². The molecule has 26 heavy (non-hydrogen) atoms. The van der Waals surface area contributed by atoms with E-state index >= 15 is 0 Å². The zero-order valence-corrected chi connectivity index (χ0v) is 17.6. The first-order valence-corrected chi connectivity index (χ1v) is 8.64. The Bertz CT molecular complexity index is 687. The zero-order valence-electron chi connectivity index (χ0n) is 15.2. The highest BCUT2D eigenvalue weighted by atomic mass is 127. The third-order valence-electron chi connectivity index (χ3n) is 3.50. The molecule has 0 saturated carbocycles. The van der Waals surface area contributed by atoms with Crippen molar-refractivity contribution in [2.45, 2.75) is 33.4 Å². The van der Waals surface area contributed by atoms with Crippen LogP contribution in [0.15, 0.2) is 52.1 Å². The van der Waals surface area contributed by atoms with Crippen LogP contribution in [0.2, 0.25) is 0 Å². The normalized spacial score (nSPS) is 10.8. The molecular weight excluding hydrogens is 443 g/mol. The van der Waals surface area contributed by atoms with Gasteiger partial charge in [0.25, 0.3) is 5.91 Å². The molecule has 0 aliphatic carbocycles. The van der Waals surface area contributed by atoms with Crippen LogP contribution in [0.25, 0.3) is 0 Å². The molecular formula is C19H27IN4O2. The average Bonchev–Trinajstić information content (AvgIpc) is 3.16. The molecule has 2 rings (SSSR count). The van der Waals surface area contributed by atoms with Crippen molar-refractivity contribution in [3.8, 4) is 0 Å². The van der Waals surface area contributed by atoms with Crippen LogP contribution >= 0.6 is 24.0 Å². The van der Waals surface area contributed by atoms with E-state index in [1.807, 2.05) is 31.2 Å². The number of furan rings is 1. The van der Waals surface area contributed by atoms with Crippen molar-refractivity contribution in [1.82, 2.24) is 16.0 Å². The number of rotatable bonds is 8. The van der Waals surface area contributed by atoms with Crippen LogP contribution in [-0.4, -0.2) is 25.0 Å². The Kier molecular flexibility index (Phi) is 10.5. The van der Waals surface area contributed by atoms with E-state index in [1.54, 1.807) is 18.4 Å². The van der Waals surface area contributed by atoms with Crippen molar-refractivity contribution >= 4 is 35.8 Å². The van der Waals surface area contributed by atoms with Gasteiger partial charge in [0.2, 0.25) is 0 Å². The van der Waals surface area contributed by atoms with Gasteiger partial charge in [-0.25, -0.2) is 4.99 Å². The van der Waals surface area contributed by atoms with Gasteiger partial charge in [0, 0.05) is 18.7 Å². The molecule has 142 valence electrons. The Morgan fingerprint density at radius 2 is 1.96 bits per heavy atom. The van der Waals surface area contributed by atoms with Crippen LogP contribution in [0, 0.1) is 0 Å². The number of benzene rings is 1. The molecule has 2 aromatic rings. The molecule has 1 aromatic carbocycles. The third kappa shape index (κ3) is 7.47. The lowest BCUT2D eigenvalue weighted by molar-refractivity contribution is 0.0948. The molecule has 0 aliphatic rings. The van der Waals surface area contributed by atoms with Gasteiger partial charge in [0.1, 0.15) is 5.76 Å². The highest BCUT2D eigenvalue weighted by molar-refractivity contribution is 14.0. The molecule has 0 unspecified atom stereocenters. The first-order valence-electron chi connectivity index (χ1n) is 8.64. The van der Waals surface area contributed by atoms with Crippen molar-refractivity contribution in [3.63, 3.8) is 0 Å². The van der Waals surface area contributed by atoms with Crippen LogP contribution in [0.4, 0.5) is 0 Å². The fraction of sp³-hybridized carbons (Fsp3) is 0.368. The number of carbonyl (C=O) groups excluding carboxylic acids is 1. The summed E-state index contributed by atoms with van der Waals surface area (Å²) in [6.45, 7) is 6.72. The largest absolute Gasteiger partial charge is 0.467 e. The first kappa shape index (κ1) is 22.0. The van der Waals surface area contributed by atoms with Crippen LogP contribution in [0.5, 0.6) is 0 Å². The quantitative estimate of drug-likeness (QED) is 0.315. The second-order valence-electron chi connectivity index (χ2n) is 5.58. The van der Waals surface area contributed by atoms with Gasteiger partial charge in [-0.1, -0.05) is 19.1 Å². The topological polar surface area (TPSA) is 78.7 Å². The smallest absolute Gasteiger partial charge is 0.251 e. The molecule has 0 radical (unpaired) electrons. The molecule has 7 heteroatoms. The summed E-state index contributed by atoms with van der Waals surface area (Å²) >= 11 is 0. The lowest BCUT2D eigenvalue weighted by Gasteiger charge is -2.10. The van der Waals surface area contributed by atoms with Gasteiger partial charge >= 0.3 is 0 Å². The maximum Gasteiger partial charge on any atom is 0.251 e. The Morgan fingerprint density at radius 1 is 1.12 bits per heavy atom. The van der Waals surface area contributed by atoms with Gasteiger partial charge in [0.15, 0.2) is 5.96 Å². The van der Waals surface area contributed by atoms with Gasteiger partial charge in [-0.2, -0.15) is 0 Å². The summed E-state index contributed by atoms with van der Waals surface area (Å²) in [5, 5.41) is 9.32. The maximum absolute atomic E-state index is 12.3. The number of aliphatic imine (C=N–C) groups is 1. The molecule has 0 fully saturated rings. The van der Waals surface area contributed by atoms with E-state index < -0.39 is 0 Å². The minimum atomic E-state index is -0.127. The Morgan fingerprint density at radius 3 is 2.65 bits per heavy atom. The molecule has 6 nitrogen and oxygen atoms in total. The van der Waals surface area contributed by atoms with Crippen molar-refractivity contribution in [2.75, 3.05) is 13.1 Å². The van der Waals surface area contributed by atoms with Crippen LogP contribution in [-0.2, 0) is 13.1 Å². The summed E-state index contributed by atoms with van der Waals surface area (Å²) in [6, 6.07) is 11.1. The van der Waals surface area contributed by atoms with Crippen molar-refractivity contribution in [2.24, 2.45) is 4.99 Å². The number of halogens is 1. The van der Waals surface area contributed by atoms with Gasteiger partial charge < -0.3 is 20.4 Å². The third-order valence-corrected chi connectivity index (χ3v) is 3.50. The molecule has 0 bridgehead atoms. The monoisotopic (exact) mass is 470 g/mol. The number of amides is 1. The molecule has 0 saturated heterocycles. The van der Waals surface area contributed by atoms with Crippen LogP contribution in [0.1, 0.15) is 41.9 Å². The Balaban J connectivity index is 0.00000338. The number of nitrogens with zero attached hydrogens (tertiary/aromatic N) is 1. The van der Waals surface area contributed by atoms with Crippen molar-refractivity contribution < 1.29 is 9.21 Å². The second-order valence-corrected chi connectivity index (χ2v) is 5.58. The Labute approximate surface area is 171 Å². The molecule has 0 spiro atoms. The molecule has 1 aromatic heterocycles. The molecule has 0 atom stereocenters. The summed E-state index contributed by atoms with van der Waals surface area (Å²) in [4.78, 5) is 16.8. The lowest BCUT2D eigenvalue weighted by Crippen LogP contribution is -2.37. The van der Waals surface area contributed by atoms with E-state index in [1.165, 1.54) is 0 Å². The van der Waals surface area contributed by atoms with E-state index in [0.717, 1.165) is 36.8 Å². The summed E-state index contributed by atoms with van der Waals surface area (Å²) in [5.74, 6) is 1.39. The maximum atomic E-state index is 12.3. The highest BCUT2D eigenvalue weighted by Gasteiger charge is 2.07.